The van der Waals surface area contributed by atoms with E-state index in [0.29, 0.717) is 5.69 Å². The lowest BCUT2D eigenvalue weighted by Gasteiger charge is -2.36. The number of hydrogen-bond acceptors (Lipinski definition) is 4. The minimum Gasteiger partial charge on any atom is -0.505 e. The number of piperazine rings is 1. The number of hydrogen-bond donors (Lipinski definition) is 3. The topological polar surface area (TPSA) is 61.5 Å². The van der Waals surface area contributed by atoms with Crippen molar-refractivity contribution in [3.8, 4) is 5.75 Å². The highest BCUT2D eigenvalue weighted by Crippen LogP contribution is 2.40. The molecule has 2 rings (SSSR count). The Morgan fingerprint density at radius 3 is 2.59 bits per heavy atom. The molecule has 0 spiro atoms. The van der Waals surface area contributed by atoms with Crippen LogP contribution in [-0.4, -0.2) is 36.2 Å². The van der Waals surface area contributed by atoms with Crippen molar-refractivity contribution in [1.29, 1.82) is 0 Å². The van der Waals surface area contributed by atoms with Crippen LogP contribution in [0.25, 0.3) is 0 Å². The highest BCUT2D eigenvalue weighted by Gasteiger charge is 2.26. The van der Waals surface area contributed by atoms with Crippen molar-refractivity contribution in [2.45, 2.75) is 18.9 Å². The normalized spacial score (nSPS) is 16.2. The van der Waals surface area contributed by atoms with Crippen molar-refractivity contribution in [3.05, 3.63) is 34.8 Å². The van der Waals surface area contributed by atoms with E-state index in [4.69, 9.17) is 5.73 Å². The molecule has 1 atom stereocenters. The highest BCUT2D eigenvalue weighted by atomic mass is 79.9. The van der Waals surface area contributed by atoms with Gasteiger partial charge in [0.15, 0.2) is 0 Å². The Morgan fingerprint density at radius 2 is 2.00 bits per heavy atom. The molecule has 0 amide bonds. The van der Waals surface area contributed by atoms with Gasteiger partial charge in [-0.05, 0) is 25.0 Å². The van der Waals surface area contributed by atoms with Gasteiger partial charge in [0.05, 0.1) is 5.69 Å². The number of phenols is 1. The van der Waals surface area contributed by atoms with Gasteiger partial charge in [-0.1, -0.05) is 22.0 Å². The Kier molecular flexibility index (Phi) is 10.1. The number of aromatic hydroxyl groups is 1. The molecule has 1 aliphatic heterocycles. The maximum absolute atomic E-state index is 10.4. The summed E-state index contributed by atoms with van der Waals surface area (Å²) in [6, 6.07) is 3.80. The van der Waals surface area contributed by atoms with Gasteiger partial charge < -0.3 is 16.2 Å². The smallest absolute Gasteiger partial charge is 0.144 e. The molecule has 0 saturated carbocycles. The maximum Gasteiger partial charge on any atom is 0.144 e. The molecule has 4 nitrogen and oxygen atoms in total. The van der Waals surface area contributed by atoms with Gasteiger partial charge in [0.1, 0.15) is 5.75 Å². The molecule has 4 N–H and O–H groups in total. The van der Waals surface area contributed by atoms with Crippen molar-refractivity contribution in [3.63, 3.8) is 0 Å². The second-order valence-electron chi connectivity index (χ2n) is 5.07. The van der Waals surface area contributed by atoms with Gasteiger partial charge in [-0.15, -0.1) is 31.4 Å². The molecule has 1 aliphatic rings. The summed E-state index contributed by atoms with van der Waals surface area (Å²) >= 11 is 3.56. The zero-order chi connectivity index (χ0) is 14.5. The molecule has 1 saturated heterocycles. The lowest BCUT2D eigenvalue weighted by atomic mass is 9.97. The van der Waals surface area contributed by atoms with E-state index in [-0.39, 0.29) is 36.6 Å². The summed E-state index contributed by atoms with van der Waals surface area (Å²) in [7, 11) is 0. The number of halogens is 3. The lowest BCUT2D eigenvalue weighted by molar-refractivity contribution is 0.163. The number of nitrogens with one attached hydrogen (secondary N) is 1. The van der Waals surface area contributed by atoms with Crippen LogP contribution >= 0.6 is 40.7 Å². The molecule has 1 fully saturated rings. The Bertz CT molecular complexity index is 482. The lowest BCUT2D eigenvalue weighted by Crippen LogP contribution is -2.45. The number of phenolic OH excluding ortho intramolecular Hbond substituents is 1. The third-order valence-corrected chi connectivity index (χ3v) is 4.46. The number of nitrogen functional groups attached to an aromatic ring is 1. The number of nitrogens with two attached hydrogens (primary N) is 1. The minimum absolute atomic E-state index is 0. The first-order valence-corrected chi connectivity index (χ1v) is 7.77. The third kappa shape index (κ3) is 5.03. The van der Waals surface area contributed by atoms with E-state index in [1.54, 1.807) is 6.07 Å². The van der Waals surface area contributed by atoms with Crippen molar-refractivity contribution >= 4 is 46.4 Å². The van der Waals surface area contributed by atoms with E-state index in [2.05, 4.69) is 32.7 Å². The summed E-state index contributed by atoms with van der Waals surface area (Å²) in [4.78, 5) is 2.40. The Hall–Kier alpha value is -0.460. The average molecular weight is 413 g/mol. The fraction of sp³-hybridized carbons (Fsp3) is 0.467. The quantitative estimate of drug-likeness (QED) is 0.393. The number of nitrogens with zero attached hydrogens (tertiary/aromatic N) is 1. The first kappa shape index (κ1) is 21.5. The van der Waals surface area contributed by atoms with Gasteiger partial charge >= 0.3 is 0 Å². The molecule has 1 heterocycles. The molecule has 22 heavy (non-hydrogen) atoms. The van der Waals surface area contributed by atoms with Crippen LogP contribution in [0, 0.1) is 0 Å². The van der Waals surface area contributed by atoms with Crippen LogP contribution in [-0.2, 0) is 0 Å². The van der Waals surface area contributed by atoms with Gasteiger partial charge in [-0.2, -0.15) is 0 Å². The van der Waals surface area contributed by atoms with Crippen LogP contribution in [0.2, 0.25) is 0 Å². The highest BCUT2D eigenvalue weighted by molar-refractivity contribution is 9.10. The maximum atomic E-state index is 10.4. The average Bonchev–Trinajstić information content (AvgIpc) is 2.47. The van der Waals surface area contributed by atoms with Crippen molar-refractivity contribution in [1.82, 2.24) is 10.2 Å². The van der Waals surface area contributed by atoms with Gasteiger partial charge in [-0.3, -0.25) is 4.90 Å². The summed E-state index contributed by atoms with van der Waals surface area (Å²) in [6.45, 7) is 7.71. The predicted octanol–water partition coefficient (Wildman–Crippen LogP) is 3.49. The number of anilines is 1. The monoisotopic (exact) mass is 411 g/mol. The second kappa shape index (κ2) is 10.3. The fourth-order valence-electron chi connectivity index (χ4n) is 2.70. The van der Waals surface area contributed by atoms with E-state index in [1.165, 1.54) is 0 Å². The molecule has 1 aromatic rings. The summed E-state index contributed by atoms with van der Waals surface area (Å²) in [5.41, 5.74) is 7.19. The first-order chi connectivity index (χ1) is 9.65. The number of rotatable bonds is 5. The number of allylic oxidation sites excluding steroid dienone is 1. The van der Waals surface area contributed by atoms with Gasteiger partial charge in [-0.25, -0.2) is 0 Å². The summed E-state index contributed by atoms with van der Waals surface area (Å²) in [5.74, 6) is 0.201. The zero-order valence-electron chi connectivity index (χ0n) is 12.4. The van der Waals surface area contributed by atoms with Crippen molar-refractivity contribution in [2.75, 3.05) is 31.9 Å². The van der Waals surface area contributed by atoms with Crippen LogP contribution in [0.5, 0.6) is 5.75 Å². The molecule has 0 aromatic heterocycles. The molecular formula is C15H24BrCl2N3O. The Morgan fingerprint density at radius 1 is 1.36 bits per heavy atom. The SMILES string of the molecule is C=CCC[C@H](c1c(Br)ccc(N)c1O)N1CCNCC1.Cl.Cl. The number of benzene rings is 1. The molecule has 0 aliphatic carbocycles. The minimum atomic E-state index is 0. The van der Waals surface area contributed by atoms with Crippen LogP contribution in [0.1, 0.15) is 24.4 Å². The van der Waals surface area contributed by atoms with Gasteiger partial charge in [0.2, 0.25) is 0 Å². The van der Waals surface area contributed by atoms with Crippen molar-refractivity contribution < 1.29 is 5.11 Å². The Labute approximate surface area is 153 Å². The second-order valence-corrected chi connectivity index (χ2v) is 5.92. The first-order valence-electron chi connectivity index (χ1n) is 6.97. The van der Waals surface area contributed by atoms with Crippen LogP contribution in [0.15, 0.2) is 29.3 Å². The van der Waals surface area contributed by atoms with Crippen molar-refractivity contribution in [2.24, 2.45) is 0 Å². The largest absolute Gasteiger partial charge is 0.505 e. The molecule has 0 unspecified atom stereocenters. The van der Waals surface area contributed by atoms with Crippen LogP contribution < -0.4 is 11.1 Å². The third-order valence-electron chi connectivity index (χ3n) is 3.76. The van der Waals surface area contributed by atoms with E-state index < -0.39 is 0 Å². The summed E-state index contributed by atoms with van der Waals surface area (Å²) < 4.78 is 0.914. The summed E-state index contributed by atoms with van der Waals surface area (Å²) in [5, 5.41) is 13.7. The molecule has 0 bridgehead atoms. The van der Waals surface area contributed by atoms with Crippen LogP contribution in [0.4, 0.5) is 5.69 Å². The van der Waals surface area contributed by atoms with E-state index in [1.807, 2.05) is 12.1 Å². The zero-order valence-corrected chi connectivity index (χ0v) is 15.6. The van der Waals surface area contributed by atoms with Crippen LogP contribution in [0.3, 0.4) is 0 Å². The molecular weight excluding hydrogens is 389 g/mol. The molecule has 1 aromatic carbocycles. The van der Waals surface area contributed by atoms with Gasteiger partial charge in [0, 0.05) is 42.3 Å². The molecule has 0 radical (unpaired) electrons. The Balaban J connectivity index is 0.00000220. The van der Waals surface area contributed by atoms with E-state index in [9.17, 15) is 5.11 Å². The predicted molar refractivity (Wildman–Crippen MR) is 101 cm³/mol. The fourth-order valence-corrected chi connectivity index (χ4v) is 3.28. The molecule has 7 heteroatoms. The standard InChI is InChI=1S/C15H22BrN3O.2ClH/c1-2-3-4-13(19-9-7-18-8-10-19)14-11(16)5-6-12(17)15(14)20;;/h2,5-6,13,18,20H,1,3-4,7-10,17H2;2*1H/t13-;;/m1../s1. The van der Waals surface area contributed by atoms with E-state index in [0.717, 1.165) is 49.1 Å². The summed E-state index contributed by atoms with van der Waals surface area (Å²) in [6.07, 6.45) is 3.76. The van der Waals surface area contributed by atoms with Gasteiger partial charge in [0.25, 0.3) is 0 Å². The molecule has 126 valence electrons. The van der Waals surface area contributed by atoms with E-state index >= 15 is 0 Å².